The lowest BCUT2D eigenvalue weighted by molar-refractivity contribution is 0.0978. The maximum Gasteiger partial charge on any atom is 0.185 e. The minimum atomic E-state index is 0.0712. The van der Waals surface area contributed by atoms with E-state index in [2.05, 4.69) is 21.7 Å². The molecule has 1 saturated heterocycles. The summed E-state index contributed by atoms with van der Waals surface area (Å²) in [5.74, 6) is 0.0712. The van der Waals surface area contributed by atoms with E-state index in [0.717, 1.165) is 19.5 Å². The zero-order chi connectivity index (χ0) is 12.4. The standard InChI is InChI=1S/C12H14N4OS/c17-12(4-3-10-2-1-5-18-10)11-8-16(15-14-11)9-6-13-7-9/h1-2,5,8-9,13H,3-4,6-7H2. The van der Waals surface area contributed by atoms with Crippen molar-refractivity contribution in [2.75, 3.05) is 13.1 Å². The summed E-state index contributed by atoms with van der Waals surface area (Å²) in [7, 11) is 0. The number of carbonyl (C=O) groups excluding carboxylic acids is 1. The van der Waals surface area contributed by atoms with Gasteiger partial charge in [0.25, 0.3) is 0 Å². The lowest BCUT2D eigenvalue weighted by Gasteiger charge is -2.26. The summed E-state index contributed by atoms with van der Waals surface area (Å²) in [6.45, 7) is 1.82. The molecule has 3 rings (SSSR count). The number of carbonyl (C=O) groups is 1. The highest BCUT2D eigenvalue weighted by molar-refractivity contribution is 7.09. The van der Waals surface area contributed by atoms with Gasteiger partial charge in [-0.15, -0.1) is 16.4 Å². The van der Waals surface area contributed by atoms with E-state index in [9.17, 15) is 4.79 Å². The molecule has 0 atom stereocenters. The van der Waals surface area contributed by atoms with Crippen molar-refractivity contribution in [2.24, 2.45) is 0 Å². The third-order valence-corrected chi connectivity index (χ3v) is 4.04. The van der Waals surface area contributed by atoms with E-state index in [0.29, 0.717) is 18.2 Å². The van der Waals surface area contributed by atoms with E-state index in [1.54, 1.807) is 22.2 Å². The molecule has 0 aliphatic carbocycles. The Labute approximate surface area is 109 Å². The van der Waals surface area contributed by atoms with Crippen LogP contribution in [0.15, 0.2) is 23.7 Å². The number of hydrogen-bond donors (Lipinski definition) is 1. The van der Waals surface area contributed by atoms with Crippen LogP contribution in [-0.2, 0) is 6.42 Å². The summed E-state index contributed by atoms with van der Waals surface area (Å²) >= 11 is 1.68. The third-order valence-electron chi connectivity index (χ3n) is 3.11. The Morgan fingerprint density at radius 2 is 2.44 bits per heavy atom. The fourth-order valence-corrected chi connectivity index (χ4v) is 2.57. The van der Waals surface area contributed by atoms with Crippen molar-refractivity contribution in [3.63, 3.8) is 0 Å². The normalized spacial score (nSPS) is 15.6. The molecule has 3 heterocycles. The topological polar surface area (TPSA) is 59.8 Å². The molecule has 0 spiro atoms. The number of aryl methyl sites for hydroxylation is 1. The van der Waals surface area contributed by atoms with Crippen LogP contribution in [0.1, 0.15) is 27.8 Å². The molecule has 1 N–H and O–H groups in total. The van der Waals surface area contributed by atoms with Crippen LogP contribution >= 0.6 is 11.3 Å². The Bertz CT molecular complexity index is 530. The molecule has 1 aliphatic rings. The zero-order valence-corrected chi connectivity index (χ0v) is 10.7. The van der Waals surface area contributed by atoms with E-state index >= 15 is 0 Å². The Hall–Kier alpha value is -1.53. The first-order valence-electron chi connectivity index (χ1n) is 6.01. The smallest absolute Gasteiger partial charge is 0.185 e. The van der Waals surface area contributed by atoms with E-state index in [1.165, 1.54) is 4.88 Å². The molecule has 18 heavy (non-hydrogen) atoms. The Balaban J connectivity index is 1.59. The second kappa shape index (κ2) is 4.99. The molecule has 1 fully saturated rings. The van der Waals surface area contributed by atoms with Gasteiger partial charge in [-0.1, -0.05) is 11.3 Å². The SMILES string of the molecule is O=C(CCc1cccs1)c1cn(C2CNC2)nn1. The van der Waals surface area contributed by atoms with Crippen molar-refractivity contribution in [1.29, 1.82) is 0 Å². The second-order valence-corrected chi connectivity index (χ2v) is 5.43. The largest absolute Gasteiger partial charge is 0.312 e. The summed E-state index contributed by atoms with van der Waals surface area (Å²) in [6, 6.07) is 4.41. The molecule has 5 nitrogen and oxygen atoms in total. The fourth-order valence-electron chi connectivity index (χ4n) is 1.86. The third kappa shape index (κ3) is 2.34. The van der Waals surface area contributed by atoms with Crippen molar-refractivity contribution in [3.8, 4) is 0 Å². The molecule has 6 heteroatoms. The van der Waals surface area contributed by atoms with Crippen LogP contribution in [-0.4, -0.2) is 33.9 Å². The van der Waals surface area contributed by atoms with Gasteiger partial charge >= 0.3 is 0 Å². The molecule has 94 valence electrons. The van der Waals surface area contributed by atoms with E-state index in [1.807, 2.05) is 11.4 Å². The molecular weight excluding hydrogens is 248 g/mol. The number of aromatic nitrogens is 3. The number of rotatable bonds is 5. The van der Waals surface area contributed by atoms with Gasteiger partial charge in [0, 0.05) is 24.4 Å². The first-order chi connectivity index (χ1) is 8.83. The van der Waals surface area contributed by atoms with E-state index in [4.69, 9.17) is 0 Å². The minimum Gasteiger partial charge on any atom is -0.312 e. The highest BCUT2D eigenvalue weighted by Gasteiger charge is 2.21. The minimum absolute atomic E-state index is 0.0712. The average Bonchev–Trinajstić information content (AvgIpc) is 2.94. The molecule has 1 aliphatic heterocycles. The zero-order valence-electron chi connectivity index (χ0n) is 9.87. The molecule has 0 bridgehead atoms. The average molecular weight is 262 g/mol. The number of nitrogens with zero attached hydrogens (tertiary/aromatic N) is 3. The summed E-state index contributed by atoms with van der Waals surface area (Å²) < 4.78 is 1.79. The summed E-state index contributed by atoms with van der Waals surface area (Å²) in [4.78, 5) is 13.2. The monoisotopic (exact) mass is 262 g/mol. The van der Waals surface area contributed by atoms with Crippen LogP contribution in [0, 0.1) is 0 Å². The maximum absolute atomic E-state index is 12.0. The van der Waals surface area contributed by atoms with Crippen LogP contribution in [0.2, 0.25) is 0 Å². The summed E-state index contributed by atoms with van der Waals surface area (Å²) in [5.41, 5.74) is 0.485. The fraction of sp³-hybridized carbons (Fsp3) is 0.417. The van der Waals surface area contributed by atoms with Crippen LogP contribution in [0.3, 0.4) is 0 Å². The Morgan fingerprint density at radius 3 is 3.11 bits per heavy atom. The highest BCUT2D eigenvalue weighted by atomic mass is 32.1. The number of thiophene rings is 1. The summed E-state index contributed by atoms with van der Waals surface area (Å²) in [5, 5.41) is 13.2. The molecule has 0 radical (unpaired) electrons. The predicted octanol–water partition coefficient (Wildman–Crippen LogP) is 1.30. The second-order valence-electron chi connectivity index (χ2n) is 4.40. The first-order valence-corrected chi connectivity index (χ1v) is 6.89. The van der Waals surface area contributed by atoms with Gasteiger partial charge in [-0.05, 0) is 17.9 Å². The quantitative estimate of drug-likeness (QED) is 0.825. The van der Waals surface area contributed by atoms with Crippen LogP contribution in [0.4, 0.5) is 0 Å². The Kier molecular flexibility index (Phi) is 3.21. The van der Waals surface area contributed by atoms with Crippen molar-refractivity contribution in [3.05, 3.63) is 34.3 Å². The van der Waals surface area contributed by atoms with Gasteiger partial charge in [-0.2, -0.15) is 0 Å². The molecule has 2 aromatic heterocycles. The van der Waals surface area contributed by atoms with E-state index < -0.39 is 0 Å². The number of ketones is 1. The first kappa shape index (κ1) is 11.6. The summed E-state index contributed by atoms with van der Waals surface area (Å²) in [6.07, 6.45) is 3.05. The lowest BCUT2D eigenvalue weighted by Crippen LogP contribution is -2.43. The van der Waals surface area contributed by atoms with Crippen molar-refractivity contribution < 1.29 is 4.79 Å². The van der Waals surface area contributed by atoms with Gasteiger partial charge in [0.1, 0.15) is 5.69 Å². The highest BCUT2D eigenvalue weighted by Crippen LogP contribution is 2.14. The van der Waals surface area contributed by atoms with Gasteiger partial charge in [0.15, 0.2) is 5.78 Å². The van der Waals surface area contributed by atoms with Crippen molar-refractivity contribution >= 4 is 17.1 Å². The van der Waals surface area contributed by atoms with Gasteiger partial charge < -0.3 is 5.32 Å². The number of Topliss-reactive ketones (excluding diaryl/α,β-unsaturated/α-hetero) is 1. The molecular formula is C12H14N4OS. The van der Waals surface area contributed by atoms with Crippen LogP contribution in [0.25, 0.3) is 0 Å². The lowest BCUT2D eigenvalue weighted by atomic mass is 10.1. The predicted molar refractivity (Wildman–Crippen MR) is 68.9 cm³/mol. The van der Waals surface area contributed by atoms with Crippen molar-refractivity contribution in [1.82, 2.24) is 20.3 Å². The maximum atomic E-state index is 12.0. The number of nitrogens with one attached hydrogen (secondary N) is 1. The van der Waals surface area contributed by atoms with Crippen molar-refractivity contribution in [2.45, 2.75) is 18.9 Å². The molecule has 2 aromatic rings. The van der Waals surface area contributed by atoms with Crippen LogP contribution < -0.4 is 5.32 Å². The van der Waals surface area contributed by atoms with Gasteiger partial charge in [-0.3, -0.25) is 4.79 Å². The van der Waals surface area contributed by atoms with Gasteiger partial charge in [-0.25, -0.2) is 4.68 Å². The number of hydrogen-bond acceptors (Lipinski definition) is 5. The van der Waals surface area contributed by atoms with Gasteiger partial charge in [0.05, 0.1) is 12.2 Å². The molecule has 0 aromatic carbocycles. The van der Waals surface area contributed by atoms with Gasteiger partial charge in [0.2, 0.25) is 0 Å². The molecule has 0 unspecified atom stereocenters. The molecule has 0 saturated carbocycles. The van der Waals surface area contributed by atoms with E-state index in [-0.39, 0.29) is 5.78 Å². The van der Waals surface area contributed by atoms with Crippen LogP contribution in [0.5, 0.6) is 0 Å². The Morgan fingerprint density at radius 1 is 1.56 bits per heavy atom. The molecule has 0 amide bonds.